The zero-order valence-corrected chi connectivity index (χ0v) is 18.5. The number of aryl methyl sites for hydroxylation is 1. The Morgan fingerprint density at radius 2 is 1.88 bits per heavy atom. The molecule has 6 nitrogen and oxygen atoms in total. The zero-order chi connectivity index (χ0) is 21.9. The van der Waals surface area contributed by atoms with Gasteiger partial charge in [0.1, 0.15) is 0 Å². The Morgan fingerprint density at radius 1 is 1.06 bits per heavy atom. The number of piperidine rings is 1. The van der Waals surface area contributed by atoms with E-state index in [2.05, 4.69) is 75.1 Å². The molecule has 0 atom stereocenters. The monoisotopic (exact) mass is 426 g/mol. The van der Waals surface area contributed by atoms with Crippen LogP contribution in [0.5, 0.6) is 0 Å². The smallest absolute Gasteiger partial charge is 0.180 e. The highest BCUT2D eigenvalue weighted by Gasteiger charge is 2.20. The van der Waals surface area contributed by atoms with Crippen LogP contribution in [0.2, 0.25) is 0 Å². The lowest BCUT2D eigenvalue weighted by atomic mass is 9.89. The van der Waals surface area contributed by atoms with Crippen molar-refractivity contribution < 1.29 is 0 Å². The van der Waals surface area contributed by atoms with Gasteiger partial charge in [0.2, 0.25) is 0 Å². The molecule has 1 fully saturated rings. The summed E-state index contributed by atoms with van der Waals surface area (Å²) in [5.41, 5.74) is 12.3. The molecule has 1 saturated heterocycles. The fraction of sp³-hybridized carbons (Fsp3) is 0.308. The van der Waals surface area contributed by atoms with Gasteiger partial charge in [-0.2, -0.15) is 0 Å². The van der Waals surface area contributed by atoms with E-state index in [1.165, 1.54) is 24.0 Å². The Balaban J connectivity index is 1.33. The lowest BCUT2D eigenvalue weighted by Crippen LogP contribution is -2.36. The molecule has 0 saturated carbocycles. The van der Waals surface area contributed by atoms with E-state index in [0.717, 1.165) is 54.6 Å². The normalized spacial score (nSPS) is 15.3. The van der Waals surface area contributed by atoms with E-state index in [-0.39, 0.29) is 0 Å². The first-order valence-corrected chi connectivity index (χ1v) is 11.4. The third-order valence-corrected chi connectivity index (χ3v) is 6.42. The first-order chi connectivity index (χ1) is 15.7. The molecule has 0 unspecified atom stereocenters. The summed E-state index contributed by atoms with van der Waals surface area (Å²) in [5, 5.41) is 3.46. The predicted molar refractivity (Wildman–Crippen MR) is 130 cm³/mol. The predicted octanol–water partition coefficient (Wildman–Crippen LogP) is 4.59. The van der Waals surface area contributed by atoms with Crippen LogP contribution in [0.15, 0.2) is 67.1 Å². The Labute approximate surface area is 189 Å². The largest absolute Gasteiger partial charge is 0.337 e. The Kier molecular flexibility index (Phi) is 5.88. The fourth-order valence-electron chi connectivity index (χ4n) is 4.67. The molecule has 0 spiro atoms. The summed E-state index contributed by atoms with van der Waals surface area (Å²) in [6.45, 7) is 6.13. The lowest BCUT2D eigenvalue weighted by Gasteiger charge is -2.31. The Hall–Kier alpha value is -3.22. The summed E-state index contributed by atoms with van der Waals surface area (Å²) in [6.07, 6.45) is 8.11. The number of imidazole rings is 1. The molecule has 32 heavy (non-hydrogen) atoms. The number of hydrogen-bond donors (Lipinski definition) is 2. The van der Waals surface area contributed by atoms with Gasteiger partial charge >= 0.3 is 0 Å². The van der Waals surface area contributed by atoms with Crippen molar-refractivity contribution in [1.82, 2.24) is 19.3 Å². The summed E-state index contributed by atoms with van der Waals surface area (Å²) in [7, 11) is 0. The summed E-state index contributed by atoms with van der Waals surface area (Å²) >= 11 is 0. The van der Waals surface area contributed by atoms with Gasteiger partial charge in [-0.1, -0.05) is 35.9 Å². The van der Waals surface area contributed by atoms with Crippen LogP contribution in [0, 0.1) is 6.92 Å². The maximum atomic E-state index is 5.70. The van der Waals surface area contributed by atoms with Gasteiger partial charge in [0.15, 0.2) is 11.5 Å². The number of hydrogen-bond acceptors (Lipinski definition) is 5. The molecule has 1 aliphatic rings. The number of likely N-dealkylation sites (tertiary alicyclic amines) is 1. The second kappa shape index (κ2) is 9.10. The van der Waals surface area contributed by atoms with Crippen molar-refractivity contribution in [2.75, 3.05) is 31.5 Å². The van der Waals surface area contributed by atoms with E-state index in [0.29, 0.717) is 5.92 Å². The molecule has 0 bridgehead atoms. The van der Waals surface area contributed by atoms with Gasteiger partial charge in [0.05, 0.1) is 11.9 Å². The quantitative estimate of drug-likeness (QED) is 0.472. The number of anilines is 2. The van der Waals surface area contributed by atoms with Crippen molar-refractivity contribution in [2.45, 2.75) is 25.7 Å². The highest BCUT2D eigenvalue weighted by Crippen LogP contribution is 2.30. The van der Waals surface area contributed by atoms with Gasteiger partial charge in [-0.3, -0.25) is 4.40 Å². The number of benzene rings is 2. The van der Waals surface area contributed by atoms with Crippen LogP contribution in [0.1, 0.15) is 29.9 Å². The van der Waals surface area contributed by atoms with Crippen molar-refractivity contribution in [3.8, 4) is 11.3 Å². The van der Waals surface area contributed by atoms with Crippen LogP contribution >= 0.6 is 0 Å². The molecule has 0 amide bonds. The third kappa shape index (κ3) is 4.24. The Bertz CT molecular complexity index is 1190. The van der Waals surface area contributed by atoms with Gasteiger partial charge in [0, 0.05) is 36.7 Å². The van der Waals surface area contributed by atoms with Gasteiger partial charge in [-0.15, -0.1) is 0 Å². The second-order valence-electron chi connectivity index (χ2n) is 8.63. The van der Waals surface area contributed by atoms with Gasteiger partial charge in [-0.25, -0.2) is 9.97 Å². The van der Waals surface area contributed by atoms with Crippen molar-refractivity contribution in [1.29, 1.82) is 0 Å². The number of nitrogens with two attached hydrogens (primary N) is 1. The minimum atomic E-state index is 0.629. The SMILES string of the molecule is Cc1cccc(-c2cnc(Nc3ccc(C4CCN(CCN)CC4)cc3)c3nccn23)c1. The maximum absolute atomic E-state index is 5.70. The van der Waals surface area contributed by atoms with Crippen LogP contribution in [-0.2, 0) is 0 Å². The topological polar surface area (TPSA) is 71.5 Å². The standard InChI is InChI=1S/C26H30N6/c1-19-3-2-4-22(17-19)24-18-29-25(26-28-12-16-32(24)26)30-23-7-5-20(6-8-23)21-9-13-31(14-10-21)15-11-27/h2-8,12,16-18,21H,9-11,13-15,27H2,1H3,(H,29,30). The highest BCUT2D eigenvalue weighted by atomic mass is 15.1. The highest BCUT2D eigenvalue weighted by molar-refractivity contribution is 5.74. The van der Waals surface area contributed by atoms with Crippen LogP contribution in [0.4, 0.5) is 11.5 Å². The van der Waals surface area contributed by atoms with E-state index in [4.69, 9.17) is 10.7 Å². The summed E-state index contributed by atoms with van der Waals surface area (Å²) in [6, 6.07) is 17.2. The lowest BCUT2D eigenvalue weighted by molar-refractivity contribution is 0.218. The molecule has 5 rings (SSSR count). The average molecular weight is 427 g/mol. The first-order valence-electron chi connectivity index (χ1n) is 11.4. The number of fused-ring (bicyclic) bond motifs is 1. The fourth-order valence-corrected chi connectivity index (χ4v) is 4.67. The van der Waals surface area contributed by atoms with Crippen LogP contribution in [0.25, 0.3) is 16.9 Å². The zero-order valence-electron chi connectivity index (χ0n) is 18.5. The van der Waals surface area contributed by atoms with Crippen LogP contribution in [-0.4, -0.2) is 45.4 Å². The number of nitrogens with one attached hydrogen (secondary N) is 1. The van der Waals surface area contributed by atoms with Crippen LogP contribution < -0.4 is 11.1 Å². The van der Waals surface area contributed by atoms with Gasteiger partial charge < -0.3 is 16.0 Å². The third-order valence-electron chi connectivity index (χ3n) is 6.42. The summed E-state index contributed by atoms with van der Waals surface area (Å²) < 4.78 is 2.09. The molecule has 1 aliphatic heterocycles. The van der Waals surface area contributed by atoms with Crippen molar-refractivity contribution in [3.05, 3.63) is 78.2 Å². The van der Waals surface area contributed by atoms with Crippen molar-refractivity contribution in [3.63, 3.8) is 0 Å². The first kappa shape index (κ1) is 20.7. The molecule has 4 aromatic rings. The minimum absolute atomic E-state index is 0.629. The van der Waals surface area contributed by atoms with Gasteiger partial charge in [0.25, 0.3) is 0 Å². The maximum Gasteiger partial charge on any atom is 0.180 e. The van der Waals surface area contributed by atoms with Crippen molar-refractivity contribution >= 4 is 17.2 Å². The molecule has 3 heterocycles. The number of rotatable bonds is 6. The van der Waals surface area contributed by atoms with Gasteiger partial charge in [-0.05, 0) is 62.5 Å². The molecule has 3 N–H and O–H groups in total. The molecule has 6 heteroatoms. The Morgan fingerprint density at radius 3 is 2.62 bits per heavy atom. The van der Waals surface area contributed by atoms with E-state index in [1.807, 2.05) is 18.6 Å². The van der Waals surface area contributed by atoms with E-state index < -0.39 is 0 Å². The molecule has 0 radical (unpaired) electrons. The second-order valence-corrected chi connectivity index (χ2v) is 8.63. The number of aromatic nitrogens is 3. The van der Waals surface area contributed by atoms with Crippen molar-refractivity contribution in [2.24, 2.45) is 5.73 Å². The number of nitrogens with zero attached hydrogens (tertiary/aromatic N) is 4. The van der Waals surface area contributed by atoms with E-state index >= 15 is 0 Å². The van der Waals surface area contributed by atoms with E-state index in [1.54, 1.807) is 0 Å². The summed E-state index contributed by atoms with van der Waals surface area (Å²) in [5.74, 6) is 1.39. The minimum Gasteiger partial charge on any atom is -0.337 e. The molecule has 2 aromatic carbocycles. The molecule has 2 aromatic heterocycles. The molecule has 0 aliphatic carbocycles. The molecular formula is C26H30N6. The average Bonchev–Trinajstić information content (AvgIpc) is 3.31. The van der Waals surface area contributed by atoms with E-state index in [9.17, 15) is 0 Å². The summed E-state index contributed by atoms with van der Waals surface area (Å²) in [4.78, 5) is 11.7. The van der Waals surface area contributed by atoms with Crippen LogP contribution in [0.3, 0.4) is 0 Å². The molecule has 164 valence electrons. The molecular weight excluding hydrogens is 396 g/mol.